The molecular formula is C16H19FN2S. The molecule has 4 heteroatoms. The van der Waals surface area contributed by atoms with Crippen LogP contribution >= 0.6 is 11.3 Å². The van der Waals surface area contributed by atoms with Crippen LogP contribution in [0.2, 0.25) is 0 Å². The Morgan fingerprint density at radius 2 is 1.80 bits per heavy atom. The highest BCUT2D eigenvalue weighted by Gasteiger charge is 2.14. The average Bonchev–Trinajstić information content (AvgIpc) is 2.96. The molecule has 0 N–H and O–H groups in total. The fourth-order valence-electron chi connectivity index (χ4n) is 2.87. The maximum absolute atomic E-state index is 12.9. The van der Waals surface area contributed by atoms with Gasteiger partial charge in [0.25, 0.3) is 0 Å². The molecule has 106 valence electrons. The summed E-state index contributed by atoms with van der Waals surface area (Å²) in [7, 11) is 0. The van der Waals surface area contributed by atoms with Crippen molar-refractivity contribution < 1.29 is 4.39 Å². The SMILES string of the molecule is Fc1ccc(-c2nnc(CCC3CCCCC3)s2)cc1. The summed E-state index contributed by atoms with van der Waals surface area (Å²) in [5, 5.41) is 10.5. The Bertz CT molecular complexity index is 544. The standard InChI is InChI=1S/C16H19FN2S/c17-14-9-7-13(8-10-14)16-19-18-15(20-16)11-6-12-4-2-1-3-5-12/h7-10,12H,1-6,11H2. The molecule has 0 radical (unpaired) electrons. The van der Waals surface area contributed by atoms with Gasteiger partial charge in [-0.3, -0.25) is 0 Å². The van der Waals surface area contributed by atoms with Gasteiger partial charge in [-0.05, 0) is 36.6 Å². The molecule has 2 aromatic rings. The molecule has 0 bridgehead atoms. The Balaban J connectivity index is 1.60. The minimum absolute atomic E-state index is 0.212. The van der Waals surface area contributed by atoms with Crippen LogP contribution in [0.15, 0.2) is 24.3 Å². The Morgan fingerprint density at radius 3 is 2.55 bits per heavy atom. The number of aromatic nitrogens is 2. The van der Waals surface area contributed by atoms with Crippen molar-refractivity contribution in [1.82, 2.24) is 10.2 Å². The third kappa shape index (κ3) is 3.42. The first-order chi connectivity index (χ1) is 9.81. The van der Waals surface area contributed by atoms with Gasteiger partial charge in [0, 0.05) is 12.0 Å². The van der Waals surface area contributed by atoms with Gasteiger partial charge < -0.3 is 0 Å². The molecule has 1 heterocycles. The van der Waals surface area contributed by atoms with Gasteiger partial charge in [0.2, 0.25) is 0 Å². The van der Waals surface area contributed by atoms with Crippen LogP contribution in [0.25, 0.3) is 10.6 Å². The van der Waals surface area contributed by atoms with E-state index in [1.54, 1.807) is 23.5 Å². The van der Waals surface area contributed by atoms with Crippen molar-refractivity contribution in [2.24, 2.45) is 5.92 Å². The maximum atomic E-state index is 12.9. The van der Waals surface area contributed by atoms with Gasteiger partial charge in [-0.15, -0.1) is 10.2 Å². The molecule has 1 aliphatic carbocycles. The summed E-state index contributed by atoms with van der Waals surface area (Å²) in [4.78, 5) is 0. The largest absolute Gasteiger partial charge is 0.207 e. The van der Waals surface area contributed by atoms with Crippen molar-refractivity contribution >= 4 is 11.3 Å². The summed E-state index contributed by atoms with van der Waals surface area (Å²) in [6, 6.07) is 6.47. The van der Waals surface area contributed by atoms with Crippen molar-refractivity contribution in [3.8, 4) is 10.6 Å². The topological polar surface area (TPSA) is 25.8 Å². The van der Waals surface area contributed by atoms with Gasteiger partial charge >= 0.3 is 0 Å². The molecule has 20 heavy (non-hydrogen) atoms. The normalized spacial score (nSPS) is 16.4. The number of benzene rings is 1. The van der Waals surface area contributed by atoms with Crippen molar-refractivity contribution in [3.05, 3.63) is 35.1 Å². The Hall–Kier alpha value is -1.29. The highest BCUT2D eigenvalue weighted by Crippen LogP contribution is 2.29. The smallest absolute Gasteiger partial charge is 0.147 e. The van der Waals surface area contributed by atoms with Crippen LogP contribution in [0.1, 0.15) is 43.5 Å². The Kier molecular flexibility index (Phi) is 4.41. The first kappa shape index (κ1) is 13.7. The molecule has 0 atom stereocenters. The third-order valence-corrected chi connectivity index (χ3v) is 5.08. The lowest BCUT2D eigenvalue weighted by atomic mass is 9.86. The Labute approximate surface area is 123 Å². The van der Waals surface area contributed by atoms with Gasteiger partial charge in [-0.2, -0.15) is 0 Å². The molecule has 0 amide bonds. The zero-order chi connectivity index (χ0) is 13.8. The Morgan fingerprint density at radius 1 is 1.05 bits per heavy atom. The molecule has 3 rings (SSSR count). The van der Waals surface area contributed by atoms with Crippen LogP contribution in [0.5, 0.6) is 0 Å². The second-order valence-electron chi connectivity index (χ2n) is 5.55. The zero-order valence-corrected chi connectivity index (χ0v) is 12.3. The molecule has 0 unspecified atom stereocenters. The summed E-state index contributed by atoms with van der Waals surface area (Å²) in [6.07, 6.45) is 9.21. The molecule has 2 nitrogen and oxygen atoms in total. The van der Waals surface area contributed by atoms with Crippen LogP contribution in [0.3, 0.4) is 0 Å². The van der Waals surface area contributed by atoms with E-state index in [1.165, 1.54) is 50.7 Å². The summed E-state index contributed by atoms with van der Waals surface area (Å²) in [5.74, 6) is 0.665. The van der Waals surface area contributed by atoms with E-state index in [1.807, 2.05) is 0 Å². The lowest BCUT2D eigenvalue weighted by molar-refractivity contribution is 0.339. The molecule has 1 saturated carbocycles. The second-order valence-corrected chi connectivity index (χ2v) is 6.61. The van der Waals surface area contributed by atoms with E-state index in [2.05, 4.69) is 10.2 Å². The molecule has 1 aromatic heterocycles. The maximum Gasteiger partial charge on any atom is 0.147 e. The third-order valence-electron chi connectivity index (χ3n) is 4.05. The van der Waals surface area contributed by atoms with E-state index in [0.29, 0.717) is 0 Å². The monoisotopic (exact) mass is 290 g/mol. The van der Waals surface area contributed by atoms with E-state index in [-0.39, 0.29) is 5.82 Å². The van der Waals surface area contributed by atoms with E-state index in [0.717, 1.165) is 27.9 Å². The number of halogens is 1. The van der Waals surface area contributed by atoms with E-state index < -0.39 is 0 Å². The average molecular weight is 290 g/mol. The fraction of sp³-hybridized carbons (Fsp3) is 0.500. The molecule has 0 spiro atoms. The molecule has 1 fully saturated rings. The summed E-state index contributed by atoms with van der Waals surface area (Å²) >= 11 is 1.64. The first-order valence-corrected chi connectivity index (χ1v) is 8.21. The van der Waals surface area contributed by atoms with Crippen molar-refractivity contribution in [2.75, 3.05) is 0 Å². The van der Waals surface area contributed by atoms with Crippen molar-refractivity contribution in [3.63, 3.8) is 0 Å². The van der Waals surface area contributed by atoms with Crippen LogP contribution in [-0.4, -0.2) is 10.2 Å². The van der Waals surface area contributed by atoms with Crippen molar-refractivity contribution in [1.29, 1.82) is 0 Å². The number of nitrogens with zero attached hydrogens (tertiary/aromatic N) is 2. The van der Waals surface area contributed by atoms with Crippen molar-refractivity contribution in [2.45, 2.75) is 44.9 Å². The van der Waals surface area contributed by atoms with Gasteiger partial charge in [-0.25, -0.2) is 4.39 Å². The minimum Gasteiger partial charge on any atom is -0.207 e. The molecule has 1 aliphatic rings. The first-order valence-electron chi connectivity index (χ1n) is 7.39. The fourth-order valence-corrected chi connectivity index (χ4v) is 3.73. The predicted molar refractivity (Wildman–Crippen MR) is 80.2 cm³/mol. The lowest BCUT2D eigenvalue weighted by Gasteiger charge is -2.20. The molecule has 0 aliphatic heterocycles. The molecular weight excluding hydrogens is 271 g/mol. The van der Waals surface area contributed by atoms with E-state index in [9.17, 15) is 4.39 Å². The highest BCUT2D eigenvalue weighted by atomic mass is 32.1. The summed E-state index contributed by atoms with van der Waals surface area (Å²) in [6.45, 7) is 0. The molecule has 0 saturated heterocycles. The minimum atomic E-state index is -0.212. The quantitative estimate of drug-likeness (QED) is 0.804. The molecule has 1 aromatic carbocycles. The summed E-state index contributed by atoms with van der Waals surface area (Å²) in [5.41, 5.74) is 0.952. The van der Waals surface area contributed by atoms with Gasteiger partial charge in [-0.1, -0.05) is 43.4 Å². The van der Waals surface area contributed by atoms with Gasteiger partial charge in [0.15, 0.2) is 0 Å². The van der Waals surface area contributed by atoms with Crippen LogP contribution in [0, 0.1) is 11.7 Å². The number of aryl methyl sites for hydroxylation is 1. The lowest BCUT2D eigenvalue weighted by Crippen LogP contribution is -2.07. The predicted octanol–water partition coefficient (Wildman–Crippen LogP) is 4.86. The zero-order valence-electron chi connectivity index (χ0n) is 11.5. The van der Waals surface area contributed by atoms with Crippen LogP contribution in [0.4, 0.5) is 4.39 Å². The van der Waals surface area contributed by atoms with E-state index in [4.69, 9.17) is 0 Å². The number of hydrogen-bond acceptors (Lipinski definition) is 3. The number of hydrogen-bond donors (Lipinski definition) is 0. The summed E-state index contributed by atoms with van der Waals surface area (Å²) < 4.78 is 12.9. The van der Waals surface area contributed by atoms with Crippen LogP contribution < -0.4 is 0 Å². The van der Waals surface area contributed by atoms with Crippen LogP contribution in [-0.2, 0) is 6.42 Å². The number of rotatable bonds is 4. The van der Waals surface area contributed by atoms with E-state index >= 15 is 0 Å². The van der Waals surface area contributed by atoms with Gasteiger partial charge in [0.1, 0.15) is 15.8 Å². The highest BCUT2D eigenvalue weighted by molar-refractivity contribution is 7.14. The van der Waals surface area contributed by atoms with Gasteiger partial charge in [0.05, 0.1) is 0 Å². The second kappa shape index (κ2) is 6.44.